The van der Waals surface area contributed by atoms with Gasteiger partial charge in [-0.3, -0.25) is 0 Å². The molecule has 0 aromatic heterocycles. The molecule has 0 N–H and O–H groups in total. The number of benzene rings is 2. The molecule has 2 aromatic rings. The third-order valence-corrected chi connectivity index (χ3v) is 6.65. The summed E-state index contributed by atoms with van der Waals surface area (Å²) >= 11 is 0. The minimum Gasteiger partial charge on any atom is -0.0697 e. The summed E-state index contributed by atoms with van der Waals surface area (Å²) in [5.74, 6) is 0. The van der Waals surface area contributed by atoms with E-state index in [4.69, 9.17) is 0 Å². The van der Waals surface area contributed by atoms with E-state index in [1.807, 2.05) is 0 Å². The summed E-state index contributed by atoms with van der Waals surface area (Å²) in [5.41, 5.74) is 13.1. The summed E-state index contributed by atoms with van der Waals surface area (Å²) in [5, 5.41) is 0. The van der Waals surface area contributed by atoms with Gasteiger partial charge in [0.2, 0.25) is 0 Å². The van der Waals surface area contributed by atoms with E-state index in [9.17, 15) is 0 Å². The third-order valence-electron chi connectivity index (χ3n) is 6.65. The first kappa shape index (κ1) is 16.4. The molecule has 1 saturated carbocycles. The topological polar surface area (TPSA) is 0 Å². The van der Waals surface area contributed by atoms with Gasteiger partial charge >= 0.3 is 0 Å². The average Bonchev–Trinajstić information content (AvgIpc) is 2.95. The van der Waals surface area contributed by atoms with Gasteiger partial charge in [0.15, 0.2) is 0 Å². The lowest BCUT2D eigenvalue weighted by molar-refractivity contribution is 0.613. The van der Waals surface area contributed by atoms with Crippen molar-refractivity contribution < 1.29 is 0 Å². The molecule has 128 valence electrons. The molecular weight excluding hydrogens is 300 g/mol. The lowest BCUT2D eigenvalue weighted by Crippen LogP contribution is -2.21. The lowest BCUT2D eigenvalue weighted by atomic mass is 9.75. The van der Waals surface area contributed by atoms with Crippen molar-refractivity contribution in [3.63, 3.8) is 0 Å². The van der Waals surface area contributed by atoms with E-state index in [1.165, 1.54) is 44.5 Å². The molecule has 2 aromatic carbocycles. The van der Waals surface area contributed by atoms with Crippen LogP contribution in [0, 0.1) is 33.1 Å². The molecule has 1 unspecified atom stereocenters. The predicted octanol–water partition coefficient (Wildman–Crippen LogP) is 6.50. The van der Waals surface area contributed by atoms with E-state index in [1.54, 1.807) is 5.57 Å². The van der Waals surface area contributed by atoms with Crippen molar-refractivity contribution in [2.45, 2.75) is 53.9 Å². The van der Waals surface area contributed by atoms with Crippen LogP contribution < -0.4 is 0 Å². The minimum atomic E-state index is 0.00611. The molecule has 0 spiro atoms. The molecule has 25 heavy (non-hydrogen) atoms. The third kappa shape index (κ3) is 1.89. The number of fused-ring (bicyclic) bond motifs is 1. The van der Waals surface area contributed by atoms with Crippen molar-refractivity contribution >= 4 is 0 Å². The van der Waals surface area contributed by atoms with Crippen LogP contribution >= 0.6 is 0 Å². The van der Waals surface area contributed by atoms with Gasteiger partial charge in [-0.15, -0.1) is 0 Å². The summed E-state index contributed by atoms with van der Waals surface area (Å²) < 4.78 is 0. The SMILES string of the molecule is CC1=CC2(C)C(=C1C)C2(c1ccc(C)cc1C)c1ccc(C)cc1C. The highest BCUT2D eigenvalue weighted by atomic mass is 14.7. The van der Waals surface area contributed by atoms with E-state index >= 15 is 0 Å². The molecule has 0 aliphatic heterocycles. The number of rotatable bonds is 2. The Labute approximate surface area is 152 Å². The highest BCUT2D eigenvalue weighted by Crippen LogP contribution is 2.78. The van der Waals surface area contributed by atoms with E-state index in [0.717, 1.165) is 0 Å². The van der Waals surface area contributed by atoms with Crippen LogP contribution in [0.4, 0.5) is 0 Å². The molecule has 0 saturated heterocycles. The zero-order valence-electron chi connectivity index (χ0n) is 16.5. The zero-order valence-corrected chi connectivity index (χ0v) is 16.5. The number of hydrogen-bond acceptors (Lipinski definition) is 0. The van der Waals surface area contributed by atoms with Crippen LogP contribution in [0.1, 0.15) is 54.2 Å². The highest BCUT2D eigenvalue weighted by molar-refractivity contribution is 5.78. The first-order valence-corrected chi connectivity index (χ1v) is 9.30. The molecule has 0 heteroatoms. The Balaban J connectivity index is 2.07. The molecule has 1 fully saturated rings. The Morgan fingerprint density at radius 3 is 1.52 bits per heavy atom. The number of aryl methyl sites for hydroxylation is 4. The fourth-order valence-electron chi connectivity index (χ4n) is 5.58. The highest BCUT2D eigenvalue weighted by Gasteiger charge is 2.73. The Hall–Kier alpha value is -2.08. The molecule has 0 radical (unpaired) electrons. The van der Waals surface area contributed by atoms with Crippen LogP contribution in [0.25, 0.3) is 0 Å². The van der Waals surface area contributed by atoms with Gasteiger partial charge in [0.05, 0.1) is 5.41 Å². The van der Waals surface area contributed by atoms with Crippen molar-refractivity contribution in [2.24, 2.45) is 5.41 Å². The molecule has 0 heterocycles. The maximum Gasteiger partial charge on any atom is 0.0557 e. The molecule has 0 amide bonds. The van der Waals surface area contributed by atoms with Gasteiger partial charge in [-0.2, -0.15) is 0 Å². The van der Waals surface area contributed by atoms with Gasteiger partial charge in [-0.1, -0.05) is 66.1 Å². The maximum absolute atomic E-state index is 2.51. The van der Waals surface area contributed by atoms with Crippen molar-refractivity contribution in [1.29, 1.82) is 0 Å². The first-order chi connectivity index (χ1) is 11.7. The molecule has 2 aliphatic rings. The van der Waals surface area contributed by atoms with Crippen LogP contribution in [0.5, 0.6) is 0 Å². The van der Waals surface area contributed by atoms with E-state index < -0.39 is 0 Å². The summed E-state index contributed by atoms with van der Waals surface area (Å²) in [7, 11) is 0. The quantitative estimate of drug-likeness (QED) is 0.590. The summed E-state index contributed by atoms with van der Waals surface area (Å²) in [6, 6.07) is 14.0. The van der Waals surface area contributed by atoms with E-state index in [-0.39, 0.29) is 10.8 Å². The summed E-state index contributed by atoms with van der Waals surface area (Å²) in [6.45, 7) is 15.9. The van der Waals surface area contributed by atoms with Gasteiger partial charge < -0.3 is 0 Å². The van der Waals surface area contributed by atoms with Gasteiger partial charge in [-0.25, -0.2) is 0 Å². The fraction of sp³-hybridized carbons (Fsp3) is 0.360. The largest absolute Gasteiger partial charge is 0.0697 e. The van der Waals surface area contributed by atoms with Crippen molar-refractivity contribution in [2.75, 3.05) is 0 Å². The van der Waals surface area contributed by atoms with Crippen LogP contribution in [-0.2, 0) is 5.41 Å². The Bertz CT molecular complexity index is 916. The number of allylic oxidation sites excluding steroid dienone is 4. The smallest absolute Gasteiger partial charge is 0.0557 e. The van der Waals surface area contributed by atoms with Gasteiger partial charge in [-0.05, 0) is 74.9 Å². The molecule has 4 rings (SSSR count). The second-order valence-electron chi connectivity index (χ2n) is 8.42. The van der Waals surface area contributed by atoms with Crippen molar-refractivity contribution in [3.05, 3.63) is 92.6 Å². The van der Waals surface area contributed by atoms with Crippen molar-refractivity contribution in [1.82, 2.24) is 0 Å². The minimum absolute atomic E-state index is 0.00611. The summed E-state index contributed by atoms with van der Waals surface area (Å²) in [4.78, 5) is 0. The van der Waals surface area contributed by atoms with E-state index in [0.29, 0.717) is 0 Å². The first-order valence-electron chi connectivity index (χ1n) is 9.30. The van der Waals surface area contributed by atoms with Gasteiger partial charge in [0, 0.05) is 5.41 Å². The Morgan fingerprint density at radius 2 is 1.16 bits per heavy atom. The molecular formula is C25H28. The van der Waals surface area contributed by atoms with Gasteiger partial charge in [0.1, 0.15) is 0 Å². The summed E-state index contributed by atoms with van der Waals surface area (Å²) in [6.07, 6.45) is 2.51. The number of hydrogen-bond donors (Lipinski definition) is 0. The molecule has 0 nitrogen and oxygen atoms in total. The van der Waals surface area contributed by atoms with Crippen LogP contribution in [-0.4, -0.2) is 0 Å². The van der Waals surface area contributed by atoms with Crippen LogP contribution in [0.15, 0.2) is 59.2 Å². The van der Waals surface area contributed by atoms with Crippen LogP contribution in [0.3, 0.4) is 0 Å². The van der Waals surface area contributed by atoms with Gasteiger partial charge in [0.25, 0.3) is 0 Å². The normalized spacial score (nSPS) is 23.6. The second-order valence-corrected chi connectivity index (χ2v) is 8.42. The molecule has 0 bridgehead atoms. The van der Waals surface area contributed by atoms with Crippen LogP contribution in [0.2, 0.25) is 0 Å². The monoisotopic (exact) mass is 328 g/mol. The zero-order chi connectivity index (χ0) is 18.1. The Morgan fingerprint density at radius 1 is 0.680 bits per heavy atom. The molecule has 1 atom stereocenters. The molecule has 2 aliphatic carbocycles. The van der Waals surface area contributed by atoms with E-state index in [2.05, 4.69) is 90.9 Å². The van der Waals surface area contributed by atoms with Crippen molar-refractivity contribution in [3.8, 4) is 0 Å². The average molecular weight is 328 g/mol. The standard InChI is InChI=1S/C25H28/c1-15-8-10-21(17(3)12-15)25(22-11-9-16(2)13-18(22)4)23-20(6)19(5)14-24(23,25)7/h8-14H,1-7H3. The lowest BCUT2D eigenvalue weighted by Gasteiger charge is -2.27. The maximum atomic E-state index is 2.51. The predicted molar refractivity (Wildman–Crippen MR) is 107 cm³/mol. The second kappa shape index (κ2) is 4.97. The Kier molecular flexibility index (Phi) is 3.26. The fourth-order valence-corrected chi connectivity index (χ4v) is 5.58.